The van der Waals surface area contributed by atoms with Crippen LogP contribution in [-0.4, -0.2) is 36.6 Å². The molecule has 8 nitrogen and oxygen atoms in total. The lowest BCUT2D eigenvalue weighted by molar-refractivity contribution is -0.116. The van der Waals surface area contributed by atoms with Crippen molar-refractivity contribution in [1.29, 1.82) is 5.26 Å². The van der Waals surface area contributed by atoms with Gasteiger partial charge in [-0.25, -0.2) is 13.4 Å². The molecule has 1 atom stereocenters. The largest absolute Gasteiger partial charge is 0.335 e. The number of carbonyl (C=O) groups is 1. The number of hydrogen-bond acceptors (Lipinski definition) is 5. The second-order valence-corrected chi connectivity index (χ2v) is 6.66. The lowest BCUT2D eigenvalue weighted by Crippen LogP contribution is -2.45. The summed E-state index contributed by atoms with van der Waals surface area (Å²) in [6.07, 6.45) is 2.30. The van der Waals surface area contributed by atoms with Gasteiger partial charge in [-0.3, -0.25) is 9.10 Å². The van der Waals surface area contributed by atoms with Gasteiger partial charge in [0.15, 0.2) is 11.5 Å². The summed E-state index contributed by atoms with van der Waals surface area (Å²) >= 11 is 0. The van der Waals surface area contributed by atoms with Crippen LogP contribution in [0.25, 0.3) is 0 Å². The smallest absolute Gasteiger partial charge is 0.249 e. The zero-order valence-electron chi connectivity index (χ0n) is 12.5. The number of nitriles is 1. The van der Waals surface area contributed by atoms with Crippen molar-refractivity contribution in [2.45, 2.75) is 13.0 Å². The van der Waals surface area contributed by atoms with Gasteiger partial charge in [-0.1, -0.05) is 18.2 Å². The van der Waals surface area contributed by atoms with Gasteiger partial charge in [-0.05, 0) is 19.1 Å². The third-order valence-corrected chi connectivity index (χ3v) is 4.33. The van der Waals surface area contributed by atoms with E-state index >= 15 is 0 Å². The molecule has 2 rings (SSSR count). The third kappa shape index (κ3) is 3.67. The Kier molecular flexibility index (Phi) is 4.66. The number of rotatable bonds is 5. The SMILES string of the molecule is CC(C(=O)Nc1nc[nH]c1C#N)N(c1ccccc1)S(C)(=O)=O. The van der Waals surface area contributed by atoms with Gasteiger partial charge >= 0.3 is 0 Å². The average molecular weight is 333 g/mol. The summed E-state index contributed by atoms with van der Waals surface area (Å²) in [5.41, 5.74) is 0.469. The minimum Gasteiger partial charge on any atom is -0.335 e. The molecule has 1 unspecified atom stereocenters. The number of aromatic nitrogens is 2. The molecule has 9 heteroatoms. The van der Waals surface area contributed by atoms with Crippen LogP contribution in [0.1, 0.15) is 12.6 Å². The highest BCUT2D eigenvalue weighted by Crippen LogP contribution is 2.21. The fourth-order valence-electron chi connectivity index (χ4n) is 2.08. The predicted octanol–water partition coefficient (Wildman–Crippen LogP) is 1.07. The van der Waals surface area contributed by atoms with Crippen LogP contribution >= 0.6 is 0 Å². The van der Waals surface area contributed by atoms with Gasteiger partial charge in [0.05, 0.1) is 18.3 Å². The molecule has 23 heavy (non-hydrogen) atoms. The number of carbonyl (C=O) groups excluding carboxylic acids is 1. The fourth-order valence-corrected chi connectivity index (χ4v) is 3.25. The van der Waals surface area contributed by atoms with Gasteiger partial charge in [0.25, 0.3) is 0 Å². The van der Waals surface area contributed by atoms with Gasteiger partial charge in [-0.2, -0.15) is 5.26 Å². The lowest BCUT2D eigenvalue weighted by atomic mass is 10.2. The number of sulfonamides is 1. The van der Waals surface area contributed by atoms with E-state index in [1.165, 1.54) is 13.3 Å². The number of nitrogens with zero attached hydrogens (tertiary/aromatic N) is 3. The standard InChI is InChI=1S/C14H15N5O3S/c1-10(14(20)18-13-12(8-15)16-9-17-13)19(23(2,21)22)11-6-4-3-5-7-11/h3-7,9-10H,1-2H3,(H,16,17)(H,18,20). The highest BCUT2D eigenvalue weighted by Gasteiger charge is 2.29. The van der Waals surface area contributed by atoms with Crippen LogP contribution in [-0.2, 0) is 14.8 Å². The first kappa shape index (κ1) is 16.5. The topological polar surface area (TPSA) is 119 Å². The van der Waals surface area contributed by atoms with Crippen molar-refractivity contribution in [3.63, 3.8) is 0 Å². The summed E-state index contributed by atoms with van der Waals surface area (Å²) in [4.78, 5) is 18.8. The highest BCUT2D eigenvalue weighted by atomic mass is 32.2. The minimum atomic E-state index is -3.68. The number of anilines is 2. The van der Waals surface area contributed by atoms with Gasteiger partial charge in [-0.15, -0.1) is 0 Å². The van der Waals surface area contributed by atoms with Gasteiger partial charge in [0.2, 0.25) is 15.9 Å². The van der Waals surface area contributed by atoms with E-state index in [0.717, 1.165) is 10.6 Å². The third-order valence-electron chi connectivity index (χ3n) is 3.09. The molecule has 1 heterocycles. The van der Waals surface area contributed by atoms with Crippen molar-refractivity contribution in [3.05, 3.63) is 42.4 Å². The number of H-pyrrole nitrogens is 1. The maximum Gasteiger partial charge on any atom is 0.249 e. The molecule has 0 radical (unpaired) electrons. The molecule has 0 aliphatic carbocycles. The van der Waals surface area contributed by atoms with Gasteiger partial charge in [0, 0.05) is 0 Å². The molecular formula is C14H15N5O3S. The first-order valence-electron chi connectivity index (χ1n) is 6.63. The first-order chi connectivity index (χ1) is 10.8. The number of benzene rings is 1. The van der Waals surface area contributed by atoms with E-state index in [4.69, 9.17) is 5.26 Å². The zero-order chi connectivity index (χ0) is 17.0. The van der Waals surface area contributed by atoms with E-state index in [0.29, 0.717) is 5.69 Å². The Morgan fingerprint density at radius 1 is 1.39 bits per heavy atom. The normalized spacial score (nSPS) is 12.2. The van der Waals surface area contributed by atoms with Crippen molar-refractivity contribution in [1.82, 2.24) is 9.97 Å². The Balaban J connectivity index is 2.30. The predicted molar refractivity (Wildman–Crippen MR) is 85.2 cm³/mol. The van der Waals surface area contributed by atoms with E-state index in [9.17, 15) is 13.2 Å². The Labute approximate surface area is 133 Å². The summed E-state index contributed by atoms with van der Waals surface area (Å²) in [7, 11) is -3.68. The van der Waals surface area contributed by atoms with Crippen LogP contribution in [0.5, 0.6) is 0 Å². The van der Waals surface area contributed by atoms with E-state index in [-0.39, 0.29) is 11.5 Å². The van der Waals surface area contributed by atoms with Crippen LogP contribution in [0.3, 0.4) is 0 Å². The number of hydrogen-bond donors (Lipinski definition) is 2. The maximum absolute atomic E-state index is 12.4. The van der Waals surface area contributed by atoms with Crippen LogP contribution < -0.4 is 9.62 Å². The molecule has 0 aliphatic heterocycles. The molecule has 120 valence electrons. The van der Waals surface area contributed by atoms with Crippen molar-refractivity contribution in [2.75, 3.05) is 15.9 Å². The van der Waals surface area contributed by atoms with Crippen LogP contribution in [0.15, 0.2) is 36.7 Å². The molecular weight excluding hydrogens is 318 g/mol. The lowest BCUT2D eigenvalue weighted by Gasteiger charge is -2.27. The Morgan fingerprint density at radius 3 is 2.61 bits per heavy atom. The van der Waals surface area contributed by atoms with Crippen LogP contribution in [0.2, 0.25) is 0 Å². The Hall–Kier alpha value is -2.86. The van der Waals surface area contributed by atoms with Crippen LogP contribution in [0.4, 0.5) is 11.5 Å². The molecule has 0 saturated heterocycles. The van der Waals surface area contributed by atoms with Crippen molar-refractivity contribution >= 4 is 27.4 Å². The number of aromatic amines is 1. The summed E-state index contributed by atoms with van der Waals surface area (Å²) in [5.74, 6) is -0.534. The molecule has 1 aromatic heterocycles. The van der Waals surface area contributed by atoms with Crippen molar-refractivity contribution in [2.24, 2.45) is 0 Å². The van der Waals surface area contributed by atoms with E-state index in [1.807, 2.05) is 6.07 Å². The van der Waals surface area contributed by atoms with E-state index < -0.39 is 22.0 Å². The molecule has 0 aliphatic rings. The second kappa shape index (κ2) is 6.50. The monoisotopic (exact) mass is 333 g/mol. The maximum atomic E-state index is 12.4. The zero-order valence-corrected chi connectivity index (χ0v) is 13.3. The first-order valence-corrected chi connectivity index (χ1v) is 8.48. The van der Waals surface area contributed by atoms with Crippen LogP contribution in [0, 0.1) is 11.3 Å². The summed E-state index contributed by atoms with van der Waals surface area (Å²) in [6, 6.07) is 9.13. The molecule has 1 aromatic carbocycles. The van der Waals surface area contributed by atoms with E-state index in [1.54, 1.807) is 30.3 Å². The minimum absolute atomic E-state index is 0.0610. The number of amides is 1. The number of imidazole rings is 1. The number of nitrogens with one attached hydrogen (secondary N) is 2. The highest BCUT2D eigenvalue weighted by molar-refractivity contribution is 7.92. The average Bonchev–Trinajstić information content (AvgIpc) is 2.94. The quantitative estimate of drug-likeness (QED) is 0.848. The van der Waals surface area contributed by atoms with E-state index in [2.05, 4.69) is 15.3 Å². The molecule has 0 saturated carbocycles. The Bertz CT molecular complexity index is 839. The second-order valence-electron chi connectivity index (χ2n) is 4.80. The van der Waals surface area contributed by atoms with Crippen molar-refractivity contribution in [3.8, 4) is 6.07 Å². The molecule has 2 N–H and O–H groups in total. The van der Waals surface area contributed by atoms with Crippen molar-refractivity contribution < 1.29 is 13.2 Å². The molecule has 0 bridgehead atoms. The van der Waals surface area contributed by atoms with Gasteiger partial charge in [0.1, 0.15) is 12.1 Å². The molecule has 2 aromatic rings. The summed E-state index contributed by atoms with van der Waals surface area (Å²) < 4.78 is 25.2. The molecule has 1 amide bonds. The molecule has 0 spiro atoms. The summed E-state index contributed by atoms with van der Waals surface area (Å²) in [6.45, 7) is 1.46. The number of para-hydroxylation sites is 1. The fraction of sp³-hybridized carbons (Fsp3) is 0.214. The van der Waals surface area contributed by atoms with Gasteiger partial charge < -0.3 is 10.3 Å². The summed E-state index contributed by atoms with van der Waals surface area (Å²) in [5, 5.41) is 11.4. The Morgan fingerprint density at radius 2 is 2.04 bits per heavy atom. The molecule has 0 fully saturated rings.